The Balaban J connectivity index is 1.24. The van der Waals surface area contributed by atoms with Gasteiger partial charge in [-0.1, -0.05) is 17.3 Å². The van der Waals surface area contributed by atoms with E-state index in [4.69, 9.17) is 14.0 Å². The molecule has 1 aliphatic heterocycles. The molecule has 1 fully saturated rings. The zero-order valence-corrected chi connectivity index (χ0v) is 20.0. The molecule has 1 unspecified atom stereocenters. The average molecular weight is 465 g/mol. The molecule has 3 aromatic rings. The van der Waals surface area contributed by atoms with Crippen molar-refractivity contribution in [2.24, 2.45) is 5.92 Å². The summed E-state index contributed by atoms with van der Waals surface area (Å²) < 4.78 is 16.1. The van der Waals surface area contributed by atoms with E-state index in [1.807, 2.05) is 62.4 Å². The number of amides is 1. The zero-order chi connectivity index (χ0) is 23.9. The molecule has 1 N–H and O–H groups in total. The number of rotatable bonds is 9. The number of likely N-dealkylation sites (tertiary alicyclic amines) is 1. The number of methoxy groups -OCH3 is 1. The lowest BCUT2D eigenvalue weighted by molar-refractivity contribution is -0.127. The predicted molar refractivity (Wildman–Crippen MR) is 128 cm³/mol. The highest BCUT2D eigenvalue weighted by Crippen LogP contribution is 2.23. The van der Waals surface area contributed by atoms with E-state index in [1.165, 1.54) is 0 Å². The molecular weight excluding hydrogens is 432 g/mol. The van der Waals surface area contributed by atoms with Crippen molar-refractivity contribution in [3.8, 4) is 22.9 Å². The van der Waals surface area contributed by atoms with E-state index in [1.54, 1.807) is 7.11 Å². The molecular formula is C26H32N4O4. The third kappa shape index (κ3) is 5.94. The highest BCUT2D eigenvalue weighted by Gasteiger charge is 2.27. The molecule has 1 saturated heterocycles. The molecule has 2 heterocycles. The first-order valence-electron chi connectivity index (χ1n) is 11.8. The second-order valence-corrected chi connectivity index (χ2v) is 8.52. The van der Waals surface area contributed by atoms with E-state index in [0.29, 0.717) is 24.9 Å². The first kappa shape index (κ1) is 23.8. The van der Waals surface area contributed by atoms with Crippen LogP contribution in [0.4, 0.5) is 0 Å². The smallest absolute Gasteiger partial charge is 0.241 e. The molecule has 34 heavy (non-hydrogen) atoms. The fraction of sp³-hybridized carbons (Fsp3) is 0.423. The first-order chi connectivity index (χ1) is 16.6. The summed E-state index contributed by atoms with van der Waals surface area (Å²) in [6, 6.07) is 15.4. The molecule has 0 bridgehead atoms. The summed E-state index contributed by atoms with van der Waals surface area (Å²) in [5.74, 6) is 2.90. The van der Waals surface area contributed by atoms with Crippen LogP contribution in [0.3, 0.4) is 0 Å². The fourth-order valence-electron chi connectivity index (χ4n) is 4.15. The zero-order valence-electron chi connectivity index (χ0n) is 20.0. The van der Waals surface area contributed by atoms with E-state index in [9.17, 15) is 4.79 Å². The van der Waals surface area contributed by atoms with E-state index in [-0.39, 0.29) is 17.9 Å². The Labute approximate surface area is 200 Å². The number of hydrogen-bond donors (Lipinski definition) is 1. The van der Waals surface area contributed by atoms with E-state index >= 15 is 0 Å². The van der Waals surface area contributed by atoms with Crippen molar-refractivity contribution < 1.29 is 18.8 Å². The summed E-state index contributed by atoms with van der Waals surface area (Å²) >= 11 is 0. The summed E-state index contributed by atoms with van der Waals surface area (Å²) in [7, 11) is 1.64. The fourth-order valence-corrected chi connectivity index (χ4v) is 4.15. The minimum Gasteiger partial charge on any atom is -0.497 e. The van der Waals surface area contributed by atoms with Crippen LogP contribution in [0.2, 0.25) is 0 Å². The Kier molecular flexibility index (Phi) is 7.80. The molecule has 1 aliphatic rings. The lowest BCUT2D eigenvalue weighted by atomic mass is 9.95. The Morgan fingerprint density at radius 2 is 1.79 bits per heavy atom. The number of aromatic nitrogens is 2. The van der Waals surface area contributed by atoms with Crippen molar-refractivity contribution in [3.63, 3.8) is 0 Å². The molecule has 1 aromatic heterocycles. The van der Waals surface area contributed by atoms with Gasteiger partial charge >= 0.3 is 0 Å². The van der Waals surface area contributed by atoms with Crippen molar-refractivity contribution in [2.75, 3.05) is 26.8 Å². The number of ether oxygens (including phenoxy) is 2. The maximum Gasteiger partial charge on any atom is 0.241 e. The molecule has 0 aliphatic carbocycles. The minimum absolute atomic E-state index is 0.0129. The molecule has 180 valence electrons. The van der Waals surface area contributed by atoms with Crippen LogP contribution >= 0.6 is 0 Å². The molecule has 4 rings (SSSR count). The normalized spacial score (nSPS) is 15.6. The SMILES string of the molecule is CCOc1ccc(C(C)NC(=O)C2CCN(Cc3nc(-c4ccc(OC)cc4)no3)CC2)cc1. The van der Waals surface area contributed by atoms with Gasteiger partial charge in [0.1, 0.15) is 11.5 Å². The Bertz CT molecular complexity index is 1060. The topological polar surface area (TPSA) is 89.7 Å². The van der Waals surface area contributed by atoms with Crippen LogP contribution in [-0.4, -0.2) is 47.8 Å². The van der Waals surface area contributed by atoms with Crippen LogP contribution in [0.15, 0.2) is 53.1 Å². The number of nitrogens with one attached hydrogen (secondary N) is 1. The van der Waals surface area contributed by atoms with Crippen LogP contribution in [0.5, 0.6) is 11.5 Å². The third-order valence-electron chi connectivity index (χ3n) is 6.18. The van der Waals surface area contributed by atoms with Gasteiger partial charge < -0.3 is 19.3 Å². The van der Waals surface area contributed by atoms with Crippen molar-refractivity contribution in [1.82, 2.24) is 20.4 Å². The number of piperidine rings is 1. The number of nitrogens with zero attached hydrogens (tertiary/aromatic N) is 3. The summed E-state index contributed by atoms with van der Waals surface area (Å²) in [6.07, 6.45) is 1.61. The summed E-state index contributed by atoms with van der Waals surface area (Å²) in [4.78, 5) is 19.6. The van der Waals surface area contributed by atoms with Gasteiger partial charge in [0.2, 0.25) is 17.6 Å². The van der Waals surface area contributed by atoms with Crippen LogP contribution in [0.25, 0.3) is 11.4 Å². The van der Waals surface area contributed by atoms with Gasteiger partial charge in [-0.3, -0.25) is 9.69 Å². The first-order valence-corrected chi connectivity index (χ1v) is 11.8. The van der Waals surface area contributed by atoms with Crippen molar-refractivity contribution >= 4 is 5.91 Å². The van der Waals surface area contributed by atoms with Gasteiger partial charge in [-0.25, -0.2) is 0 Å². The number of carbonyl (C=O) groups is 1. The summed E-state index contributed by atoms with van der Waals surface area (Å²) in [6.45, 7) is 6.83. The second-order valence-electron chi connectivity index (χ2n) is 8.52. The number of benzene rings is 2. The van der Waals surface area contributed by atoms with E-state index in [2.05, 4.69) is 20.4 Å². The maximum atomic E-state index is 12.8. The number of carbonyl (C=O) groups excluding carboxylic acids is 1. The highest BCUT2D eigenvalue weighted by molar-refractivity contribution is 5.79. The molecule has 0 saturated carbocycles. The number of hydrogen-bond acceptors (Lipinski definition) is 7. The standard InChI is InChI=1S/C26H32N4O4/c1-4-33-23-11-5-19(6-12-23)18(2)27-26(31)21-13-15-30(16-14-21)17-24-28-25(29-34-24)20-7-9-22(32-3)10-8-20/h5-12,18,21H,4,13-17H2,1-3H3,(H,27,31). The quantitative estimate of drug-likeness (QED) is 0.507. The van der Waals surface area contributed by atoms with Gasteiger partial charge in [-0.05, 0) is 81.7 Å². The monoisotopic (exact) mass is 464 g/mol. The lowest BCUT2D eigenvalue weighted by Crippen LogP contribution is -2.40. The molecule has 1 atom stereocenters. The van der Waals surface area contributed by atoms with E-state index < -0.39 is 0 Å². The van der Waals surface area contributed by atoms with Gasteiger partial charge in [0, 0.05) is 11.5 Å². The largest absolute Gasteiger partial charge is 0.497 e. The molecule has 0 spiro atoms. The second kappa shape index (κ2) is 11.2. The van der Waals surface area contributed by atoms with Gasteiger partial charge in [0.15, 0.2) is 0 Å². The Hall–Kier alpha value is -3.39. The Morgan fingerprint density at radius 1 is 1.12 bits per heavy atom. The van der Waals surface area contributed by atoms with Gasteiger partial charge in [-0.15, -0.1) is 0 Å². The average Bonchev–Trinajstić information content (AvgIpc) is 3.33. The maximum absolute atomic E-state index is 12.8. The van der Waals surface area contributed by atoms with Crippen LogP contribution in [0.1, 0.15) is 44.2 Å². The molecule has 2 aromatic carbocycles. The van der Waals surface area contributed by atoms with Crippen molar-refractivity contribution in [3.05, 3.63) is 60.0 Å². The molecule has 0 radical (unpaired) electrons. The van der Waals surface area contributed by atoms with E-state index in [0.717, 1.165) is 48.6 Å². The molecule has 8 heteroatoms. The predicted octanol–water partition coefficient (Wildman–Crippen LogP) is 4.23. The minimum atomic E-state index is -0.0454. The van der Waals surface area contributed by atoms with Gasteiger partial charge in [-0.2, -0.15) is 4.98 Å². The highest BCUT2D eigenvalue weighted by atomic mass is 16.5. The van der Waals surface area contributed by atoms with Crippen LogP contribution in [0, 0.1) is 5.92 Å². The summed E-state index contributed by atoms with van der Waals surface area (Å²) in [5.41, 5.74) is 1.95. The Morgan fingerprint density at radius 3 is 2.44 bits per heavy atom. The molecule has 1 amide bonds. The van der Waals surface area contributed by atoms with Gasteiger partial charge in [0.05, 0.1) is 26.3 Å². The summed E-state index contributed by atoms with van der Waals surface area (Å²) in [5, 5.41) is 7.27. The van der Waals surface area contributed by atoms with Crippen molar-refractivity contribution in [2.45, 2.75) is 39.3 Å². The third-order valence-corrected chi connectivity index (χ3v) is 6.18. The molecule has 8 nitrogen and oxygen atoms in total. The van der Waals surface area contributed by atoms with Crippen molar-refractivity contribution in [1.29, 1.82) is 0 Å². The van der Waals surface area contributed by atoms with Crippen LogP contribution in [-0.2, 0) is 11.3 Å². The van der Waals surface area contributed by atoms with Gasteiger partial charge in [0.25, 0.3) is 0 Å². The lowest BCUT2D eigenvalue weighted by Gasteiger charge is -2.30. The van der Waals surface area contributed by atoms with Crippen LogP contribution < -0.4 is 14.8 Å².